The molecule has 2 amide bonds. The van der Waals surface area contributed by atoms with Crippen LogP contribution in [-0.2, 0) is 24.4 Å². The van der Waals surface area contributed by atoms with Crippen molar-refractivity contribution in [3.63, 3.8) is 0 Å². The fourth-order valence-electron chi connectivity index (χ4n) is 4.23. The highest BCUT2D eigenvalue weighted by Crippen LogP contribution is 2.27. The van der Waals surface area contributed by atoms with Crippen molar-refractivity contribution in [3.8, 4) is 0 Å². The molecule has 1 radical (unpaired) electrons. The molecule has 0 saturated carbocycles. The maximum absolute atomic E-state index is 14.0. The maximum Gasteiger partial charge on any atom is 0.272 e. The number of likely N-dealkylation sites (tertiary alicyclic amines) is 1. The van der Waals surface area contributed by atoms with Crippen LogP contribution in [0.3, 0.4) is 0 Å². The number of oxime groups is 1. The lowest BCUT2D eigenvalue weighted by atomic mass is 10.0. The van der Waals surface area contributed by atoms with Gasteiger partial charge in [0.1, 0.15) is 13.2 Å². The fourth-order valence-corrected chi connectivity index (χ4v) is 5.66. The minimum Gasteiger partial charge on any atom is -0.397 e. The SMILES string of the molecule is [CH2]c1ccc(C(=NOC)N(C(=O)[C@@H]2CCCN2C(=O)[C@H](N)CC(C)C)S(=O)(=O)c2ccccc2)cc1. The smallest absolute Gasteiger partial charge is 0.272 e. The van der Waals surface area contributed by atoms with Gasteiger partial charge in [-0.2, -0.15) is 4.31 Å². The highest BCUT2D eigenvalue weighted by atomic mass is 32.2. The molecule has 0 spiro atoms. The molecular formula is C26H33N4O5S. The van der Waals surface area contributed by atoms with Crippen LogP contribution in [0.25, 0.3) is 0 Å². The van der Waals surface area contributed by atoms with E-state index in [9.17, 15) is 18.0 Å². The average Bonchev–Trinajstić information content (AvgIpc) is 3.34. The first-order chi connectivity index (χ1) is 17.1. The number of amidine groups is 1. The summed E-state index contributed by atoms with van der Waals surface area (Å²) in [6, 6.07) is 12.4. The summed E-state index contributed by atoms with van der Waals surface area (Å²) in [6.45, 7) is 8.07. The van der Waals surface area contributed by atoms with Crippen molar-refractivity contribution >= 4 is 27.7 Å². The van der Waals surface area contributed by atoms with Gasteiger partial charge >= 0.3 is 0 Å². The largest absolute Gasteiger partial charge is 0.397 e. The molecule has 2 aromatic rings. The number of hydrogen-bond acceptors (Lipinski definition) is 7. The zero-order valence-electron chi connectivity index (χ0n) is 20.8. The van der Waals surface area contributed by atoms with E-state index in [0.717, 1.165) is 0 Å². The van der Waals surface area contributed by atoms with Crippen LogP contribution in [0.2, 0.25) is 0 Å². The predicted octanol–water partition coefficient (Wildman–Crippen LogP) is 2.76. The highest BCUT2D eigenvalue weighted by molar-refractivity contribution is 7.90. The van der Waals surface area contributed by atoms with Crippen molar-refractivity contribution in [1.29, 1.82) is 0 Å². The summed E-state index contributed by atoms with van der Waals surface area (Å²) < 4.78 is 28.4. The number of carbonyl (C=O) groups excluding carboxylic acids is 2. The van der Waals surface area contributed by atoms with Gasteiger partial charge in [-0.25, -0.2) is 8.42 Å². The summed E-state index contributed by atoms with van der Waals surface area (Å²) in [4.78, 5) is 33.5. The topological polar surface area (TPSA) is 122 Å². The van der Waals surface area contributed by atoms with Gasteiger partial charge in [-0.1, -0.05) is 61.5 Å². The zero-order chi connectivity index (χ0) is 26.5. The molecule has 3 rings (SSSR count). The second-order valence-corrected chi connectivity index (χ2v) is 10.9. The Morgan fingerprint density at radius 2 is 1.81 bits per heavy atom. The van der Waals surface area contributed by atoms with Crippen molar-refractivity contribution in [2.24, 2.45) is 16.8 Å². The molecule has 9 nitrogen and oxygen atoms in total. The molecule has 2 aromatic carbocycles. The number of carbonyl (C=O) groups is 2. The Hall–Kier alpha value is -3.24. The molecular weight excluding hydrogens is 480 g/mol. The van der Waals surface area contributed by atoms with E-state index in [0.29, 0.717) is 41.2 Å². The fraction of sp³-hybridized carbons (Fsp3) is 0.385. The highest BCUT2D eigenvalue weighted by Gasteiger charge is 2.44. The minimum atomic E-state index is -4.42. The van der Waals surface area contributed by atoms with Crippen molar-refractivity contribution in [1.82, 2.24) is 9.21 Å². The average molecular weight is 514 g/mol. The molecule has 0 aromatic heterocycles. The van der Waals surface area contributed by atoms with Gasteiger partial charge in [0.05, 0.1) is 10.9 Å². The number of rotatable bonds is 8. The van der Waals surface area contributed by atoms with Gasteiger partial charge in [0, 0.05) is 12.1 Å². The van der Waals surface area contributed by atoms with Crippen molar-refractivity contribution < 1.29 is 22.8 Å². The summed E-state index contributed by atoms with van der Waals surface area (Å²) in [5.74, 6) is -1.19. The van der Waals surface area contributed by atoms with E-state index in [4.69, 9.17) is 10.6 Å². The Morgan fingerprint density at radius 1 is 1.17 bits per heavy atom. The second-order valence-electron chi connectivity index (χ2n) is 9.14. The summed E-state index contributed by atoms with van der Waals surface area (Å²) >= 11 is 0. The van der Waals surface area contributed by atoms with Gasteiger partial charge in [0.15, 0.2) is 5.84 Å². The van der Waals surface area contributed by atoms with E-state index in [1.54, 1.807) is 42.5 Å². The normalized spacial score (nSPS) is 17.2. The quantitative estimate of drug-likeness (QED) is 0.329. The molecule has 0 unspecified atom stereocenters. The van der Waals surface area contributed by atoms with Crippen molar-refractivity contribution in [3.05, 3.63) is 72.6 Å². The van der Waals surface area contributed by atoms with Crippen LogP contribution in [0.4, 0.5) is 0 Å². The first-order valence-electron chi connectivity index (χ1n) is 11.8. The molecule has 0 bridgehead atoms. The van der Waals surface area contributed by atoms with E-state index in [-0.39, 0.29) is 22.6 Å². The van der Waals surface area contributed by atoms with Gasteiger partial charge < -0.3 is 15.5 Å². The minimum absolute atomic E-state index is 0.0942. The number of amides is 2. The number of hydrogen-bond donors (Lipinski definition) is 1. The molecule has 36 heavy (non-hydrogen) atoms. The number of nitrogens with two attached hydrogens (primary N) is 1. The Kier molecular flexibility index (Phi) is 8.86. The van der Waals surface area contributed by atoms with Gasteiger partial charge in [0.25, 0.3) is 15.9 Å². The van der Waals surface area contributed by atoms with Crippen LogP contribution in [0.1, 0.15) is 44.2 Å². The van der Waals surface area contributed by atoms with E-state index >= 15 is 0 Å². The first kappa shape index (κ1) is 27.3. The molecule has 2 N–H and O–H groups in total. The molecule has 1 fully saturated rings. The molecule has 2 atom stereocenters. The van der Waals surface area contributed by atoms with Gasteiger partial charge in [-0.05, 0) is 49.8 Å². The molecule has 1 saturated heterocycles. The second kappa shape index (κ2) is 11.7. The van der Waals surface area contributed by atoms with Gasteiger partial charge in [-0.15, -0.1) is 0 Å². The number of sulfonamides is 1. The van der Waals surface area contributed by atoms with Crippen LogP contribution in [-0.4, -0.2) is 61.0 Å². The van der Waals surface area contributed by atoms with Crippen LogP contribution in [0.5, 0.6) is 0 Å². The van der Waals surface area contributed by atoms with Crippen LogP contribution < -0.4 is 5.73 Å². The van der Waals surface area contributed by atoms with Gasteiger partial charge in [0.2, 0.25) is 5.91 Å². The molecule has 1 aliphatic heterocycles. The van der Waals surface area contributed by atoms with Crippen molar-refractivity contribution in [2.75, 3.05) is 13.7 Å². The van der Waals surface area contributed by atoms with E-state index in [1.807, 2.05) is 13.8 Å². The van der Waals surface area contributed by atoms with E-state index in [1.165, 1.54) is 24.1 Å². The van der Waals surface area contributed by atoms with Gasteiger partial charge in [-0.3, -0.25) is 9.59 Å². The maximum atomic E-state index is 14.0. The number of benzene rings is 2. The lowest BCUT2D eigenvalue weighted by Crippen LogP contribution is -2.55. The van der Waals surface area contributed by atoms with Crippen LogP contribution in [0.15, 0.2) is 64.6 Å². The zero-order valence-corrected chi connectivity index (χ0v) is 21.6. The lowest BCUT2D eigenvalue weighted by Gasteiger charge is -2.31. The van der Waals surface area contributed by atoms with Crippen LogP contribution in [0, 0.1) is 12.8 Å². The molecule has 1 heterocycles. The third kappa shape index (κ3) is 5.93. The Labute approximate surface area is 212 Å². The van der Waals surface area contributed by atoms with Crippen LogP contribution >= 0.6 is 0 Å². The molecule has 0 aliphatic carbocycles. The standard InChI is InChI=1S/C26H33N4O5S/c1-18(2)17-22(27)25(31)29-16-8-11-23(29)26(32)30(36(33,34)21-9-6-5-7-10-21)24(28-35-4)20-14-12-19(3)13-15-20/h5-7,9-10,12-15,18,22-23H,3,8,11,16-17,27H2,1-2,4H3/t22-,23+/m1/s1. The summed E-state index contributed by atoms with van der Waals surface area (Å²) in [5.41, 5.74) is 7.18. The molecule has 1 aliphatic rings. The summed E-state index contributed by atoms with van der Waals surface area (Å²) in [6.07, 6.45) is 1.30. The Morgan fingerprint density at radius 3 is 2.39 bits per heavy atom. The van der Waals surface area contributed by atoms with E-state index in [2.05, 4.69) is 12.1 Å². The lowest BCUT2D eigenvalue weighted by molar-refractivity contribution is -0.140. The molecule has 10 heteroatoms. The summed E-state index contributed by atoms with van der Waals surface area (Å²) in [5, 5.41) is 3.95. The first-order valence-corrected chi connectivity index (χ1v) is 13.3. The van der Waals surface area contributed by atoms with E-state index < -0.39 is 28.0 Å². The van der Waals surface area contributed by atoms with Crippen molar-refractivity contribution in [2.45, 2.75) is 50.1 Å². The predicted molar refractivity (Wildman–Crippen MR) is 137 cm³/mol. The Balaban J connectivity index is 2.10. The third-order valence-electron chi connectivity index (χ3n) is 5.93. The Bertz CT molecular complexity index is 1200. The summed E-state index contributed by atoms with van der Waals surface area (Å²) in [7, 11) is -3.15. The number of nitrogens with zero attached hydrogens (tertiary/aromatic N) is 3. The third-order valence-corrected chi connectivity index (χ3v) is 7.63. The molecule has 193 valence electrons. The monoisotopic (exact) mass is 513 g/mol.